The first kappa shape index (κ1) is 9.24. The van der Waals surface area contributed by atoms with Gasteiger partial charge in [-0.3, -0.25) is 4.79 Å². The van der Waals surface area contributed by atoms with Crippen LogP contribution in [0, 0.1) is 6.92 Å². The minimum Gasteiger partial charge on any atom is -0.444 e. The van der Waals surface area contributed by atoms with E-state index < -0.39 is 0 Å². The van der Waals surface area contributed by atoms with Gasteiger partial charge in [-0.05, 0) is 19.8 Å². The first-order valence-electron chi connectivity index (χ1n) is 4.88. The molecule has 4 nitrogen and oxygen atoms in total. The zero-order chi connectivity index (χ0) is 10.1. The Morgan fingerprint density at radius 2 is 2.50 bits per heavy atom. The summed E-state index contributed by atoms with van der Waals surface area (Å²) < 4.78 is 5.44. The lowest BCUT2D eigenvalue weighted by Gasteiger charge is -2.20. The molecule has 0 spiro atoms. The minimum atomic E-state index is 0.0567. The predicted octanol–water partition coefficient (Wildman–Crippen LogP) is 1.67. The molecule has 1 aliphatic heterocycles. The molecule has 0 radical (unpaired) electrons. The van der Waals surface area contributed by atoms with Gasteiger partial charge in [0.15, 0.2) is 0 Å². The van der Waals surface area contributed by atoms with E-state index in [-0.39, 0.29) is 11.9 Å². The maximum atomic E-state index is 11.3. The molecule has 1 fully saturated rings. The Kier molecular flexibility index (Phi) is 2.27. The second kappa shape index (κ2) is 3.44. The van der Waals surface area contributed by atoms with Crippen molar-refractivity contribution in [1.82, 2.24) is 9.88 Å². The Morgan fingerprint density at radius 1 is 1.71 bits per heavy atom. The van der Waals surface area contributed by atoms with Gasteiger partial charge < -0.3 is 9.32 Å². The highest BCUT2D eigenvalue weighted by molar-refractivity contribution is 5.73. The van der Waals surface area contributed by atoms with E-state index in [9.17, 15) is 4.79 Å². The fraction of sp³-hybridized carbons (Fsp3) is 0.600. The van der Waals surface area contributed by atoms with Crippen LogP contribution in [0.2, 0.25) is 0 Å². The van der Waals surface area contributed by atoms with Gasteiger partial charge in [0.2, 0.25) is 11.8 Å². The standard InChI is InChI=1S/C10H14N2O2/c1-7-6-11-10(14-7)9-4-3-5-12(9)8(2)13/h6,9H,3-5H2,1-2H3/t9-/m0/s1. The maximum absolute atomic E-state index is 11.3. The van der Waals surface area contributed by atoms with Crippen LogP contribution in [0.15, 0.2) is 10.6 Å². The van der Waals surface area contributed by atoms with Gasteiger partial charge in [0, 0.05) is 13.5 Å². The van der Waals surface area contributed by atoms with Crippen LogP contribution < -0.4 is 0 Å². The van der Waals surface area contributed by atoms with E-state index >= 15 is 0 Å². The summed E-state index contributed by atoms with van der Waals surface area (Å²) >= 11 is 0. The highest BCUT2D eigenvalue weighted by Gasteiger charge is 2.31. The molecule has 0 saturated carbocycles. The summed E-state index contributed by atoms with van der Waals surface area (Å²) in [6, 6.07) is 0.0567. The molecule has 2 heterocycles. The van der Waals surface area contributed by atoms with Crippen LogP contribution in [0.1, 0.15) is 37.5 Å². The van der Waals surface area contributed by atoms with Gasteiger partial charge in [-0.25, -0.2) is 4.98 Å². The molecular formula is C10H14N2O2. The minimum absolute atomic E-state index is 0.0567. The summed E-state index contributed by atoms with van der Waals surface area (Å²) in [7, 11) is 0. The van der Waals surface area contributed by atoms with Crippen molar-refractivity contribution in [3.05, 3.63) is 17.8 Å². The lowest BCUT2D eigenvalue weighted by atomic mass is 10.2. The molecule has 1 aliphatic rings. The second-order valence-electron chi connectivity index (χ2n) is 3.68. The van der Waals surface area contributed by atoms with Crippen LogP contribution in [0.3, 0.4) is 0 Å². The van der Waals surface area contributed by atoms with Crippen LogP contribution in [-0.2, 0) is 4.79 Å². The molecule has 4 heteroatoms. The van der Waals surface area contributed by atoms with Crippen molar-refractivity contribution < 1.29 is 9.21 Å². The van der Waals surface area contributed by atoms with Crippen molar-refractivity contribution >= 4 is 5.91 Å². The van der Waals surface area contributed by atoms with Gasteiger partial charge in [-0.1, -0.05) is 0 Å². The van der Waals surface area contributed by atoms with E-state index in [2.05, 4.69) is 4.98 Å². The average Bonchev–Trinajstić information content (AvgIpc) is 2.70. The molecule has 2 rings (SSSR count). The third kappa shape index (κ3) is 1.52. The van der Waals surface area contributed by atoms with Crippen LogP contribution in [-0.4, -0.2) is 22.3 Å². The van der Waals surface area contributed by atoms with E-state index in [4.69, 9.17) is 4.42 Å². The van der Waals surface area contributed by atoms with E-state index in [1.54, 1.807) is 13.1 Å². The lowest BCUT2D eigenvalue weighted by molar-refractivity contribution is -0.130. The predicted molar refractivity (Wildman–Crippen MR) is 50.6 cm³/mol. The van der Waals surface area contributed by atoms with E-state index in [0.717, 1.165) is 25.1 Å². The largest absolute Gasteiger partial charge is 0.444 e. The first-order chi connectivity index (χ1) is 6.68. The van der Waals surface area contributed by atoms with Crippen molar-refractivity contribution in [2.45, 2.75) is 32.7 Å². The fourth-order valence-corrected chi connectivity index (χ4v) is 1.93. The highest BCUT2D eigenvalue weighted by atomic mass is 16.4. The van der Waals surface area contributed by atoms with Gasteiger partial charge in [0.25, 0.3) is 0 Å². The fourth-order valence-electron chi connectivity index (χ4n) is 1.93. The number of hydrogen-bond donors (Lipinski definition) is 0. The number of aromatic nitrogens is 1. The quantitative estimate of drug-likeness (QED) is 0.683. The smallest absolute Gasteiger partial charge is 0.220 e. The number of amides is 1. The molecule has 1 amide bonds. The Labute approximate surface area is 82.9 Å². The number of rotatable bonds is 1. The summed E-state index contributed by atoms with van der Waals surface area (Å²) in [5, 5.41) is 0. The zero-order valence-electron chi connectivity index (χ0n) is 8.49. The SMILES string of the molecule is CC(=O)N1CCC[C@H]1c1ncc(C)o1. The van der Waals surface area contributed by atoms with E-state index in [1.165, 1.54) is 0 Å². The molecule has 1 aromatic heterocycles. The summed E-state index contributed by atoms with van der Waals surface area (Å²) in [5.41, 5.74) is 0. The number of aryl methyl sites for hydroxylation is 1. The summed E-state index contributed by atoms with van der Waals surface area (Å²) in [6.07, 6.45) is 3.69. The van der Waals surface area contributed by atoms with Crippen molar-refractivity contribution in [3.63, 3.8) is 0 Å². The third-order valence-electron chi connectivity index (χ3n) is 2.58. The van der Waals surface area contributed by atoms with E-state index in [0.29, 0.717) is 5.89 Å². The molecule has 0 bridgehead atoms. The van der Waals surface area contributed by atoms with Crippen LogP contribution in [0.4, 0.5) is 0 Å². The Balaban J connectivity index is 2.21. The summed E-state index contributed by atoms with van der Waals surface area (Å²) in [5.74, 6) is 1.58. The summed E-state index contributed by atoms with van der Waals surface area (Å²) in [6.45, 7) is 4.28. The van der Waals surface area contributed by atoms with Crippen LogP contribution >= 0.6 is 0 Å². The topological polar surface area (TPSA) is 46.3 Å². The molecular weight excluding hydrogens is 180 g/mol. The number of carbonyl (C=O) groups is 1. The zero-order valence-corrected chi connectivity index (χ0v) is 8.49. The highest BCUT2D eigenvalue weighted by Crippen LogP contribution is 2.31. The van der Waals surface area contributed by atoms with E-state index in [1.807, 2.05) is 11.8 Å². The van der Waals surface area contributed by atoms with Crippen molar-refractivity contribution in [2.75, 3.05) is 6.54 Å². The Bertz CT molecular complexity index is 346. The maximum Gasteiger partial charge on any atom is 0.220 e. The number of nitrogens with zero attached hydrogens (tertiary/aromatic N) is 2. The average molecular weight is 194 g/mol. The molecule has 76 valence electrons. The third-order valence-corrected chi connectivity index (χ3v) is 2.58. The molecule has 14 heavy (non-hydrogen) atoms. The molecule has 0 N–H and O–H groups in total. The van der Waals surface area contributed by atoms with Crippen molar-refractivity contribution in [2.24, 2.45) is 0 Å². The molecule has 0 unspecified atom stereocenters. The Hall–Kier alpha value is -1.32. The number of oxazole rings is 1. The summed E-state index contributed by atoms with van der Waals surface area (Å²) in [4.78, 5) is 17.3. The van der Waals surface area contributed by atoms with Gasteiger partial charge in [0.1, 0.15) is 11.8 Å². The molecule has 0 aromatic carbocycles. The molecule has 0 aliphatic carbocycles. The van der Waals surface area contributed by atoms with Gasteiger partial charge in [-0.15, -0.1) is 0 Å². The number of likely N-dealkylation sites (tertiary alicyclic amines) is 1. The normalized spacial score (nSPS) is 21.6. The van der Waals surface area contributed by atoms with Gasteiger partial charge in [0.05, 0.1) is 6.20 Å². The van der Waals surface area contributed by atoms with Crippen molar-refractivity contribution in [1.29, 1.82) is 0 Å². The van der Waals surface area contributed by atoms with Crippen LogP contribution in [0.25, 0.3) is 0 Å². The Morgan fingerprint density at radius 3 is 3.07 bits per heavy atom. The van der Waals surface area contributed by atoms with Gasteiger partial charge in [-0.2, -0.15) is 0 Å². The monoisotopic (exact) mass is 194 g/mol. The molecule has 1 saturated heterocycles. The molecule has 1 aromatic rings. The molecule has 1 atom stereocenters. The van der Waals surface area contributed by atoms with Gasteiger partial charge >= 0.3 is 0 Å². The number of carbonyl (C=O) groups excluding carboxylic acids is 1. The first-order valence-corrected chi connectivity index (χ1v) is 4.88. The van der Waals surface area contributed by atoms with Crippen LogP contribution in [0.5, 0.6) is 0 Å². The van der Waals surface area contributed by atoms with Crippen molar-refractivity contribution in [3.8, 4) is 0 Å². The lowest BCUT2D eigenvalue weighted by Crippen LogP contribution is -2.28. The number of hydrogen-bond acceptors (Lipinski definition) is 3. The second-order valence-corrected chi connectivity index (χ2v) is 3.68.